The van der Waals surface area contributed by atoms with Gasteiger partial charge in [-0.2, -0.15) is 0 Å². The number of hydrogen-bond donors (Lipinski definition) is 1. The zero-order valence-corrected chi connectivity index (χ0v) is 9.73. The molecule has 0 saturated carbocycles. The van der Waals surface area contributed by atoms with E-state index in [1.54, 1.807) is 0 Å². The fourth-order valence-electron chi connectivity index (χ4n) is 2.03. The van der Waals surface area contributed by atoms with Crippen LogP contribution in [-0.2, 0) is 0 Å². The molecule has 2 heteroatoms. The van der Waals surface area contributed by atoms with Gasteiger partial charge < -0.3 is 10.2 Å². The lowest BCUT2D eigenvalue weighted by molar-refractivity contribution is 0.254. The van der Waals surface area contributed by atoms with Crippen LogP contribution >= 0.6 is 0 Å². The minimum atomic E-state index is 1.21. The molecule has 1 rings (SSSR count). The molecule has 1 aliphatic heterocycles. The molecular weight excluding hydrogens is 172 g/mol. The lowest BCUT2D eigenvalue weighted by atomic mass is 10.2. The van der Waals surface area contributed by atoms with Gasteiger partial charge in [-0.1, -0.05) is 19.8 Å². The predicted octanol–water partition coefficient (Wildman–Crippen LogP) is 2.25. The van der Waals surface area contributed by atoms with E-state index in [9.17, 15) is 0 Å². The summed E-state index contributed by atoms with van der Waals surface area (Å²) in [5.41, 5.74) is 0. The van der Waals surface area contributed by atoms with Crippen molar-refractivity contribution in [3.05, 3.63) is 0 Å². The molecule has 0 spiro atoms. The highest BCUT2D eigenvalue weighted by atomic mass is 15.1. The molecule has 0 aliphatic carbocycles. The van der Waals surface area contributed by atoms with Gasteiger partial charge in [0.2, 0.25) is 0 Å². The Kier molecular flexibility index (Phi) is 7.06. The van der Waals surface area contributed by atoms with E-state index in [1.807, 2.05) is 0 Å². The number of unbranched alkanes of at least 4 members (excludes halogenated alkanes) is 1. The molecule has 0 radical (unpaired) electrons. The normalized spacial score (nSPS) is 22.1. The third-order valence-corrected chi connectivity index (χ3v) is 2.98. The van der Waals surface area contributed by atoms with Crippen LogP contribution in [0.15, 0.2) is 0 Å². The summed E-state index contributed by atoms with van der Waals surface area (Å²) >= 11 is 0. The molecule has 1 fully saturated rings. The van der Waals surface area contributed by atoms with Crippen molar-refractivity contribution in [3.8, 4) is 0 Å². The summed E-state index contributed by atoms with van der Waals surface area (Å²) in [7, 11) is 0. The summed E-state index contributed by atoms with van der Waals surface area (Å²) in [6.45, 7) is 8.67. The van der Waals surface area contributed by atoms with Crippen molar-refractivity contribution >= 4 is 0 Å². The van der Waals surface area contributed by atoms with Crippen LogP contribution in [0.2, 0.25) is 0 Å². The maximum Gasteiger partial charge on any atom is -0.000664 e. The summed E-state index contributed by atoms with van der Waals surface area (Å²) in [6.07, 6.45) is 8.18. The second-order valence-corrected chi connectivity index (χ2v) is 4.36. The second-order valence-electron chi connectivity index (χ2n) is 4.36. The van der Waals surface area contributed by atoms with E-state index in [2.05, 4.69) is 17.1 Å². The average molecular weight is 198 g/mol. The molecule has 0 aromatic carbocycles. The first kappa shape index (κ1) is 12.0. The van der Waals surface area contributed by atoms with Gasteiger partial charge in [0.05, 0.1) is 0 Å². The van der Waals surface area contributed by atoms with Crippen LogP contribution in [0.1, 0.15) is 45.4 Å². The maximum atomic E-state index is 3.50. The van der Waals surface area contributed by atoms with Crippen molar-refractivity contribution < 1.29 is 0 Å². The fourth-order valence-corrected chi connectivity index (χ4v) is 2.03. The Morgan fingerprint density at radius 1 is 1.00 bits per heavy atom. The monoisotopic (exact) mass is 198 g/mol. The smallest absolute Gasteiger partial charge is 0.000664 e. The predicted molar refractivity (Wildman–Crippen MR) is 62.7 cm³/mol. The minimum absolute atomic E-state index is 1.21. The van der Waals surface area contributed by atoms with Crippen molar-refractivity contribution in [2.75, 3.05) is 32.7 Å². The Morgan fingerprint density at radius 2 is 1.79 bits per heavy atom. The Morgan fingerprint density at radius 3 is 2.64 bits per heavy atom. The van der Waals surface area contributed by atoms with Gasteiger partial charge in [0.15, 0.2) is 0 Å². The van der Waals surface area contributed by atoms with Gasteiger partial charge in [-0.05, 0) is 58.4 Å². The van der Waals surface area contributed by atoms with E-state index < -0.39 is 0 Å². The largest absolute Gasteiger partial charge is 0.317 e. The van der Waals surface area contributed by atoms with Crippen molar-refractivity contribution in [3.63, 3.8) is 0 Å². The van der Waals surface area contributed by atoms with Crippen LogP contribution in [0.3, 0.4) is 0 Å². The average Bonchev–Trinajstić information content (AvgIpc) is 2.23. The SMILES string of the molecule is CCCCN1CCCCCNCCC1. The molecule has 1 heterocycles. The van der Waals surface area contributed by atoms with Crippen LogP contribution in [0.4, 0.5) is 0 Å². The molecule has 1 saturated heterocycles. The van der Waals surface area contributed by atoms with Gasteiger partial charge in [0.25, 0.3) is 0 Å². The standard InChI is InChI=1S/C12H26N2/c1-2-3-10-14-11-6-4-5-8-13-9-7-12-14/h13H,2-12H2,1H3. The lowest BCUT2D eigenvalue weighted by Crippen LogP contribution is -2.31. The van der Waals surface area contributed by atoms with E-state index in [0.717, 1.165) is 0 Å². The summed E-state index contributed by atoms with van der Waals surface area (Å²) < 4.78 is 0. The zero-order valence-electron chi connectivity index (χ0n) is 9.73. The molecule has 14 heavy (non-hydrogen) atoms. The van der Waals surface area contributed by atoms with Gasteiger partial charge in [0.1, 0.15) is 0 Å². The summed E-state index contributed by atoms with van der Waals surface area (Å²) in [6, 6.07) is 0. The number of nitrogens with zero attached hydrogens (tertiary/aromatic N) is 1. The molecule has 2 nitrogen and oxygen atoms in total. The lowest BCUT2D eigenvalue weighted by Gasteiger charge is -2.23. The molecule has 0 aromatic rings. The molecule has 0 unspecified atom stereocenters. The summed E-state index contributed by atoms with van der Waals surface area (Å²) in [5, 5.41) is 3.50. The van der Waals surface area contributed by atoms with E-state index in [0.29, 0.717) is 0 Å². The highest BCUT2D eigenvalue weighted by Gasteiger charge is 2.05. The van der Waals surface area contributed by atoms with E-state index in [-0.39, 0.29) is 0 Å². The van der Waals surface area contributed by atoms with Crippen LogP contribution in [0.25, 0.3) is 0 Å². The van der Waals surface area contributed by atoms with Gasteiger partial charge in [0, 0.05) is 0 Å². The highest BCUT2D eigenvalue weighted by Crippen LogP contribution is 2.03. The third-order valence-electron chi connectivity index (χ3n) is 2.98. The van der Waals surface area contributed by atoms with Gasteiger partial charge >= 0.3 is 0 Å². The maximum absolute atomic E-state index is 3.50. The highest BCUT2D eigenvalue weighted by molar-refractivity contribution is 4.62. The quantitative estimate of drug-likeness (QED) is 0.748. The number of nitrogens with one attached hydrogen (secondary N) is 1. The fraction of sp³-hybridized carbons (Fsp3) is 1.00. The second kappa shape index (κ2) is 8.25. The Labute approximate surface area is 89.1 Å². The van der Waals surface area contributed by atoms with Crippen molar-refractivity contribution in [2.24, 2.45) is 0 Å². The van der Waals surface area contributed by atoms with Gasteiger partial charge in [-0.15, -0.1) is 0 Å². The molecule has 1 N–H and O–H groups in total. The van der Waals surface area contributed by atoms with Gasteiger partial charge in [-0.25, -0.2) is 0 Å². The van der Waals surface area contributed by atoms with E-state index in [4.69, 9.17) is 0 Å². The van der Waals surface area contributed by atoms with Crippen molar-refractivity contribution in [1.82, 2.24) is 10.2 Å². The topological polar surface area (TPSA) is 15.3 Å². The number of hydrogen-bond acceptors (Lipinski definition) is 2. The first-order valence-electron chi connectivity index (χ1n) is 6.36. The van der Waals surface area contributed by atoms with Crippen molar-refractivity contribution in [1.29, 1.82) is 0 Å². The van der Waals surface area contributed by atoms with E-state index in [1.165, 1.54) is 71.2 Å². The Balaban J connectivity index is 2.16. The summed E-state index contributed by atoms with van der Waals surface area (Å²) in [4.78, 5) is 2.65. The first-order valence-corrected chi connectivity index (χ1v) is 6.36. The first-order chi connectivity index (χ1) is 6.93. The molecule has 1 aliphatic rings. The van der Waals surface area contributed by atoms with Crippen LogP contribution in [0, 0.1) is 0 Å². The Hall–Kier alpha value is -0.0800. The number of rotatable bonds is 3. The van der Waals surface area contributed by atoms with E-state index >= 15 is 0 Å². The Bertz CT molecular complexity index is 115. The van der Waals surface area contributed by atoms with Gasteiger partial charge in [-0.3, -0.25) is 0 Å². The summed E-state index contributed by atoms with van der Waals surface area (Å²) in [5.74, 6) is 0. The molecule has 0 amide bonds. The molecule has 0 atom stereocenters. The molecule has 0 bridgehead atoms. The third kappa shape index (κ3) is 5.61. The zero-order chi connectivity index (χ0) is 10.1. The molecular formula is C12H26N2. The van der Waals surface area contributed by atoms with Crippen LogP contribution in [0.5, 0.6) is 0 Å². The molecule has 0 aromatic heterocycles. The molecule has 84 valence electrons. The van der Waals surface area contributed by atoms with Crippen LogP contribution in [-0.4, -0.2) is 37.6 Å². The van der Waals surface area contributed by atoms with Crippen molar-refractivity contribution in [2.45, 2.75) is 45.4 Å². The minimum Gasteiger partial charge on any atom is -0.317 e. The van der Waals surface area contributed by atoms with Crippen LogP contribution < -0.4 is 5.32 Å².